The van der Waals surface area contributed by atoms with Crippen molar-refractivity contribution < 1.29 is 0 Å². The van der Waals surface area contributed by atoms with Gasteiger partial charge in [-0.2, -0.15) is 0 Å². The molecule has 1 fully saturated rings. The third-order valence-electron chi connectivity index (χ3n) is 3.03. The van der Waals surface area contributed by atoms with Crippen molar-refractivity contribution in [3.05, 3.63) is 34.3 Å². The number of hydrogen-bond donors (Lipinski definition) is 1. The first kappa shape index (κ1) is 10.4. The Morgan fingerprint density at radius 2 is 2.31 bits per heavy atom. The number of hydrogen-bond acceptors (Lipinski definition) is 2. The van der Waals surface area contributed by atoms with Gasteiger partial charge in [-0.1, -0.05) is 23.2 Å². The van der Waals surface area contributed by atoms with Crippen LogP contribution in [0.5, 0.6) is 0 Å². The summed E-state index contributed by atoms with van der Waals surface area (Å²) in [6.45, 7) is 2.00. The molecule has 0 spiro atoms. The van der Waals surface area contributed by atoms with E-state index in [2.05, 4.69) is 10.3 Å². The van der Waals surface area contributed by atoms with E-state index in [-0.39, 0.29) is 0 Å². The minimum Gasteiger partial charge on any atom is -0.316 e. The highest BCUT2D eigenvalue weighted by Gasteiger charge is 2.23. The van der Waals surface area contributed by atoms with Crippen LogP contribution in [0.3, 0.4) is 0 Å². The molecule has 2 aromatic rings. The number of nitrogens with zero attached hydrogens (tertiary/aromatic N) is 2. The van der Waals surface area contributed by atoms with Crippen LogP contribution >= 0.6 is 23.2 Å². The normalized spacial score (nSPS) is 20.8. The first-order chi connectivity index (χ1) is 7.77. The van der Waals surface area contributed by atoms with Gasteiger partial charge in [0.05, 0.1) is 5.02 Å². The van der Waals surface area contributed by atoms with Gasteiger partial charge < -0.3 is 9.72 Å². The van der Waals surface area contributed by atoms with Crippen molar-refractivity contribution >= 4 is 28.7 Å². The summed E-state index contributed by atoms with van der Waals surface area (Å²) in [4.78, 5) is 4.44. The quantitative estimate of drug-likeness (QED) is 0.850. The zero-order valence-corrected chi connectivity index (χ0v) is 10.1. The van der Waals surface area contributed by atoms with Crippen LogP contribution in [0.25, 0.3) is 5.52 Å². The van der Waals surface area contributed by atoms with Crippen LogP contribution in [0.2, 0.25) is 10.2 Å². The Morgan fingerprint density at radius 1 is 1.44 bits per heavy atom. The smallest absolute Gasteiger partial charge is 0.156 e. The highest BCUT2D eigenvalue weighted by Crippen LogP contribution is 2.30. The van der Waals surface area contributed by atoms with Crippen molar-refractivity contribution in [2.24, 2.45) is 0 Å². The summed E-state index contributed by atoms with van der Waals surface area (Å²) >= 11 is 12.2. The van der Waals surface area contributed by atoms with Crippen molar-refractivity contribution in [2.45, 2.75) is 12.3 Å². The first-order valence-corrected chi connectivity index (χ1v) is 6.05. The average Bonchev–Trinajstić information content (AvgIpc) is 2.86. The van der Waals surface area contributed by atoms with E-state index in [9.17, 15) is 0 Å². The monoisotopic (exact) mass is 255 g/mol. The Morgan fingerprint density at radius 3 is 3.06 bits per heavy atom. The second-order valence-electron chi connectivity index (χ2n) is 4.03. The molecule has 0 amide bonds. The van der Waals surface area contributed by atoms with E-state index in [0.29, 0.717) is 16.1 Å². The lowest BCUT2D eigenvalue weighted by Gasteiger charge is -2.06. The van der Waals surface area contributed by atoms with Crippen molar-refractivity contribution in [2.75, 3.05) is 13.1 Å². The minimum atomic E-state index is 0.429. The Bertz CT molecular complexity index is 529. The van der Waals surface area contributed by atoms with E-state index >= 15 is 0 Å². The fraction of sp³-hybridized carbons (Fsp3) is 0.364. The molecule has 0 bridgehead atoms. The average molecular weight is 256 g/mol. The number of aromatic nitrogens is 2. The van der Waals surface area contributed by atoms with Gasteiger partial charge in [0.1, 0.15) is 11.3 Å². The molecule has 1 saturated heterocycles. The zero-order valence-electron chi connectivity index (χ0n) is 8.58. The molecule has 84 valence electrons. The Labute approximate surface area is 103 Å². The molecular weight excluding hydrogens is 245 g/mol. The third-order valence-corrected chi connectivity index (χ3v) is 3.59. The van der Waals surface area contributed by atoms with Gasteiger partial charge in [0.15, 0.2) is 5.15 Å². The topological polar surface area (TPSA) is 29.3 Å². The second-order valence-corrected chi connectivity index (χ2v) is 4.79. The number of halogens is 2. The molecule has 3 heterocycles. The predicted molar refractivity (Wildman–Crippen MR) is 65.4 cm³/mol. The maximum atomic E-state index is 6.12. The summed E-state index contributed by atoms with van der Waals surface area (Å²) in [6, 6.07) is 3.75. The lowest BCUT2D eigenvalue weighted by atomic mass is 10.1. The van der Waals surface area contributed by atoms with Crippen LogP contribution in [0.4, 0.5) is 0 Å². The number of fused-ring (bicyclic) bond motifs is 1. The molecule has 0 aliphatic carbocycles. The molecule has 0 aromatic carbocycles. The highest BCUT2D eigenvalue weighted by atomic mass is 35.5. The molecule has 2 aromatic heterocycles. The van der Waals surface area contributed by atoms with Crippen molar-refractivity contribution in [3.63, 3.8) is 0 Å². The van der Waals surface area contributed by atoms with E-state index in [1.165, 1.54) is 0 Å². The van der Waals surface area contributed by atoms with Gasteiger partial charge >= 0.3 is 0 Å². The molecule has 3 nitrogen and oxygen atoms in total. The van der Waals surface area contributed by atoms with Crippen LogP contribution in [-0.2, 0) is 0 Å². The molecule has 16 heavy (non-hydrogen) atoms. The van der Waals surface area contributed by atoms with Crippen molar-refractivity contribution in [1.29, 1.82) is 0 Å². The maximum Gasteiger partial charge on any atom is 0.156 e. The molecule has 3 rings (SSSR count). The SMILES string of the molecule is Clc1cccn2c(C3CCNC3)nc(Cl)c12. The largest absolute Gasteiger partial charge is 0.316 e. The van der Waals surface area contributed by atoms with Crippen LogP contribution in [-0.4, -0.2) is 22.5 Å². The lowest BCUT2D eigenvalue weighted by Crippen LogP contribution is -2.10. The first-order valence-electron chi connectivity index (χ1n) is 5.30. The summed E-state index contributed by atoms with van der Waals surface area (Å²) in [5.41, 5.74) is 0.813. The summed E-state index contributed by atoms with van der Waals surface area (Å²) < 4.78 is 2.00. The molecule has 1 N–H and O–H groups in total. The Balaban J connectivity index is 2.22. The number of imidazole rings is 1. The van der Waals surface area contributed by atoms with Crippen LogP contribution in [0, 0.1) is 0 Å². The molecule has 0 radical (unpaired) electrons. The predicted octanol–water partition coefficient (Wildman–Crippen LogP) is 2.72. The third kappa shape index (κ3) is 1.51. The lowest BCUT2D eigenvalue weighted by molar-refractivity contribution is 0.699. The molecule has 1 atom stereocenters. The number of pyridine rings is 1. The van der Waals surface area contributed by atoms with Crippen molar-refractivity contribution in [3.8, 4) is 0 Å². The summed E-state index contributed by atoms with van der Waals surface area (Å²) in [6.07, 6.45) is 3.07. The van der Waals surface area contributed by atoms with E-state index in [1.54, 1.807) is 0 Å². The fourth-order valence-electron chi connectivity index (χ4n) is 2.24. The minimum absolute atomic E-state index is 0.429. The van der Waals surface area contributed by atoms with Gasteiger partial charge in [-0.3, -0.25) is 0 Å². The number of nitrogens with one attached hydrogen (secondary N) is 1. The summed E-state index contributed by atoms with van der Waals surface area (Å²) in [5.74, 6) is 1.44. The van der Waals surface area contributed by atoms with Gasteiger partial charge in [0.2, 0.25) is 0 Å². The van der Waals surface area contributed by atoms with E-state index in [0.717, 1.165) is 30.9 Å². The van der Waals surface area contributed by atoms with Crippen LogP contribution < -0.4 is 5.32 Å². The van der Waals surface area contributed by atoms with E-state index in [4.69, 9.17) is 23.2 Å². The molecule has 1 aliphatic rings. The Hall–Kier alpha value is -0.770. The molecule has 5 heteroatoms. The maximum absolute atomic E-state index is 6.12. The summed E-state index contributed by atoms with van der Waals surface area (Å²) in [5, 5.41) is 4.47. The molecule has 0 saturated carbocycles. The van der Waals surface area contributed by atoms with Gasteiger partial charge in [0.25, 0.3) is 0 Å². The van der Waals surface area contributed by atoms with Crippen molar-refractivity contribution in [1.82, 2.24) is 14.7 Å². The van der Waals surface area contributed by atoms with Crippen LogP contribution in [0.1, 0.15) is 18.2 Å². The molecule has 1 unspecified atom stereocenters. The number of rotatable bonds is 1. The standard InChI is InChI=1S/C11H11Cl2N3/c12-8-2-1-5-16-9(8)10(13)15-11(16)7-3-4-14-6-7/h1-2,5,7,14H,3-4,6H2. The van der Waals surface area contributed by atoms with Gasteiger partial charge in [-0.05, 0) is 25.1 Å². The Kier molecular flexibility index (Phi) is 2.54. The van der Waals surface area contributed by atoms with Crippen LogP contribution in [0.15, 0.2) is 18.3 Å². The molecule has 1 aliphatic heterocycles. The van der Waals surface area contributed by atoms with Gasteiger partial charge in [0, 0.05) is 18.7 Å². The summed E-state index contributed by atoms with van der Waals surface area (Å²) in [7, 11) is 0. The van der Waals surface area contributed by atoms with Gasteiger partial charge in [-0.25, -0.2) is 4.98 Å². The van der Waals surface area contributed by atoms with E-state index in [1.807, 2.05) is 22.7 Å². The molecular formula is C11H11Cl2N3. The fourth-order valence-corrected chi connectivity index (χ4v) is 2.82. The van der Waals surface area contributed by atoms with Gasteiger partial charge in [-0.15, -0.1) is 0 Å². The zero-order chi connectivity index (χ0) is 11.1. The second kappa shape index (κ2) is 3.91. The highest BCUT2D eigenvalue weighted by molar-refractivity contribution is 6.39. The van der Waals surface area contributed by atoms with E-state index < -0.39 is 0 Å².